The Morgan fingerprint density at radius 1 is 1.22 bits per heavy atom. The van der Waals surface area contributed by atoms with Crippen LogP contribution < -0.4 is 0 Å². The Morgan fingerprint density at radius 3 is 1.78 bits per heavy atom. The third-order valence-corrected chi connectivity index (χ3v) is 1.89. The molecular weight excluding hydrogens is 313 g/mol. The highest BCUT2D eigenvalue weighted by Crippen LogP contribution is 2.36. The van der Waals surface area contributed by atoms with E-state index in [1.54, 1.807) is 0 Å². The maximum Gasteiger partial charge on any atom is 0.422 e. The normalized spacial score (nSPS) is 9.94. The van der Waals surface area contributed by atoms with Gasteiger partial charge in [-0.05, 0) is 0 Å². The Labute approximate surface area is 110 Å². The van der Waals surface area contributed by atoms with Crippen LogP contribution in [0.3, 0.4) is 0 Å². The zero-order valence-electron chi connectivity index (χ0n) is 8.11. The van der Waals surface area contributed by atoms with E-state index in [1.165, 1.54) is 0 Å². The number of nitrogens with zero attached hydrogens (tertiary/aromatic N) is 3. The summed E-state index contributed by atoms with van der Waals surface area (Å²) in [6.45, 7) is 0. The van der Waals surface area contributed by atoms with Gasteiger partial charge < -0.3 is 9.11 Å². The average molecular weight is 315 g/mol. The second kappa shape index (κ2) is 6.43. The molecule has 0 aliphatic carbocycles. The van der Waals surface area contributed by atoms with Crippen molar-refractivity contribution < 1.29 is 22.4 Å². The number of nitro benzene ring substituents is 1. The van der Waals surface area contributed by atoms with Gasteiger partial charge in [-0.15, -0.1) is 0 Å². The molecular formula is C6H2Cl2N3O6S-. The fraction of sp³-hybridized carbons (Fsp3) is 0. The van der Waals surface area contributed by atoms with E-state index in [0.29, 0.717) is 0 Å². The van der Waals surface area contributed by atoms with E-state index in [1.807, 2.05) is 0 Å². The third-order valence-electron chi connectivity index (χ3n) is 1.31. The van der Waals surface area contributed by atoms with Gasteiger partial charge in [-0.2, -0.15) is 0 Å². The highest BCUT2D eigenvalue weighted by molar-refractivity contribution is 7.79. The summed E-state index contributed by atoms with van der Waals surface area (Å²) in [6, 6.07) is 2.12. The molecule has 0 radical (unpaired) electrons. The quantitative estimate of drug-likeness (QED) is 0.253. The molecule has 0 spiro atoms. The first kappa shape index (κ1) is 16.5. The number of rotatable bonds is 1. The molecule has 0 bridgehead atoms. The summed E-state index contributed by atoms with van der Waals surface area (Å²) in [4.78, 5) is 12.4. The van der Waals surface area contributed by atoms with Gasteiger partial charge >= 0.3 is 5.69 Å². The van der Waals surface area contributed by atoms with Crippen molar-refractivity contribution in [1.82, 2.24) is 0 Å². The van der Waals surface area contributed by atoms with E-state index < -0.39 is 15.3 Å². The fourth-order valence-electron chi connectivity index (χ4n) is 0.753. The van der Waals surface area contributed by atoms with Crippen LogP contribution in [0.1, 0.15) is 0 Å². The van der Waals surface area contributed by atoms with Gasteiger partial charge in [0, 0.05) is 22.5 Å². The molecule has 18 heavy (non-hydrogen) atoms. The fourth-order valence-corrected chi connectivity index (χ4v) is 1.30. The van der Waals surface area contributed by atoms with Gasteiger partial charge in [0.05, 0.1) is 4.92 Å². The Hall–Kier alpha value is -1.51. The summed E-state index contributed by atoms with van der Waals surface area (Å²) < 4.78 is 34.1. The Kier molecular flexibility index (Phi) is 5.89. The van der Waals surface area contributed by atoms with Crippen LogP contribution in [0.5, 0.6) is 0 Å². The molecule has 0 aliphatic rings. The molecule has 0 atom stereocenters. The van der Waals surface area contributed by atoms with E-state index >= 15 is 0 Å². The number of benzene rings is 1. The van der Waals surface area contributed by atoms with Crippen molar-refractivity contribution in [2.45, 2.75) is 0 Å². The van der Waals surface area contributed by atoms with Crippen molar-refractivity contribution in [3.05, 3.63) is 37.3 Å². The van der Waals surface area contributed by atoms with Crippen LogP contribution in [0.15, 0.2) is 12.1 Å². The molecule has 9 nitrogen and oxygen atoms in total. The molecule has 1 rings (SSSR count). The van der Waals surface area contributed by atoms with Crippen molar-refractivity contribution >= 4 is 45.0 Å². The lowest BCUT2D eigenvalue weighted by molar-refractivity contribution is -0.384. The molecule has 1 aromatic carbocycles. The molecule has 0 amide bonds. The van der Waals surface area contributed by atoms with Gasteiger partial charge in [-0.1, -0.05) is 23.2 Å². The summed E-state index contributed by atoms with van der Waals surface area (Å²) in [5, 5.41) is 18.6. The van der Waals surface area contributed by atoms with Crippen LogP contribution in [-0.4, -0.2) is 22.4 Å². The van der Waals surface area contributed by atoms with E-state index in [9.17, 15) is 10.1 Å². The zero-order chi connectivity index (χ0) is 14.5. The van der Waals surface area contributed by atoms with E-state index in [2.05, 4.69) is 4.98 Å². The van der Waals surface area contributed by atoms with E-state index in [0.717, 1.165) is 12.1 Å². The van der Waals surface area contributed by atoms with Crippen LogP contribution in [0.2, 0.25) is 10.0 Å². The van der Waals surface area contributed by atoms with Crippen LogP contribution in [-0.2, 0) is 10.4 Å². The summed E-state index contributed by atoms with van der Waals surface area (Å²) in [5.41, 5.74) is -0.323. The van der Waals surface area contributed by atoms with Crippen LogP contribution in [0.25, 0.3) is 4.98 Å². The zero-order valence-corrected chi connectivity index (χ0v) is 10.4. The van der Waals surface area contributed by atoms with Crippen molar-refractivity contribution in [2.75, 3.05) is 0 Å². The number of non-ortho nitro benzene ring substituents is 1. The second-order valence-corrected chi connectivity index (χ2v) is 4.15. The number of hydrogen-bond donors (Lipinski definition) is 0. The van der Waals surface area contributed by atoms with Crippen molar-refractivity contribution in [3.8, 4) is 0 Å². The first-order chi connectivity index (χ1) is 8.06. The van der Waals surface area contributed by atoms with Gasteiger partial charge in [-0.25, -0.2) is 0 Å². The molecule has 98 valence electrons. The van der Waals surface area contributed by atoms with Crippen molar-refractivity contribution in [2.24, 2.45) is 0 Å². The minimum atomic E-state index is -5.17. The molecule has 12 heteroatoms. The molecule has 0 N–H and O–H groups in total. The second-order valence-electron chi connectivity index (χ2n) is 2.52. The topological polar surface area (TPSA) is 152 Å². The lowest BCUT2D eigenvalue weighted by Crippen LogP contribution is -1.91. The van der Waals surface area contributed by atoms with Gasteiger partial charge in [0.1, 0.15) is 10.0 Å². The van der Waals surface area contributed by atoms with E-state index in [4.69, 9.17) is 46.1 Å². The number of hydrogen-bond acceptors (Lipinski definition) is 7. The lowest BCUT2D eigenvalue weighted by atomic mass is 10.3. The first-order valence-corrected chi connectivity index (χ1v) is 5.80. The first-order valence-electron chi connectivity index (χ1n) is 3.71. The van der Waals surface area contributed by atoms with Gasteiger partial charge in [0.25, 0.3) is 5.69 Å². The van der Waals surface area contributed by atoms with Gasteiger partial charge in [0.2, 0.25) is 5.39 Å². The number of diazo groups is 1. The Bertz CT molecular complexity index is 579. The highest BCUT2D eigenvalue weighted by Gasteiger charge is 2.22. The van der Waals surface area contributed by atoms with Crippen LogP contribution >= 0.6 is 23.2 Å². The standard InChI is InChI=1S/C6H2Cl2N3O2.H2O4S/c7-4-1-3(11(12)13)2-5(8)6(4)10-9;1-5(2,3)4/h1-2H;(H2,1,2,3,4)/q+1;/p-2. The molecule has 0 unspecified atom stereocenters. The largest absolute Gasteiger partial charge is 0.759 e. The third kappa shape index (κ3) is 6.28. The van der Waals surface area contributed by atoms with Gasteiger partial charge in [-0.3, -0.25) is 18.5 Å². The predicted molar refractivity (Wildman–Crippen MR) is 58.3 cm³/mol. The molecule has 0 aromatic heterocycles. The monoisotopic (exact) mass is 314 g/mol. The summed E-state index contributed by atoms with van der Waals surface area (Å²) in [6.07, 6.45) is 0. The summed E-state index contributed by atoms with van der Waals surface area (Å²) >= 11 is 11.1. The maximum atomic E-state index is 10.3. The SMILES string of the molecule is N#[N+]c1c(Cl)cc([N+](=O)[O-])cc1Cl.O=S(=O)([O-])[O-]. The van der Waals surface area contributed by atoms with Crippen molar-refractivity contribution in [1.29, 1.82) is 5.39 Å². The summed E-state index contributed by atoms with van der Waals surface area (Å²) in [7, 11) is -5.17. The Balaban J connectivity index is 0.000000494. The molecule has 0 heterocycles. The average Bonchev–Trinajstić information content (AvgIpc) is 2.14. The molecule has 0 saturated carbocycles. The molecule has 0 saturated heterocycles. The summed E-state index contributed by atoms with van der Waals surface area (Å²) in [5.74, 6) is 0. The molecule has 1 aromatic rings. The van der Waals surface area contributed by atoms with Crippen LogP contribution in [0.4, 0.5) is 11.4 Å². The molecule has 0 aliphatic heterocycles. The van der Waals surface area contributed by atoms with Crippen molar-refractivity contribution in [3.63, 3.8) is 0 Å². The van der Waals surface area contributed by atoms with Gasteiger partial charge in [0.15, 0.2) is 4.98 Å². The van der Waals surface area contributed by atoms with E-state index in [-0.39, 0.29) is 21.4 Å². The maximum absolute atomic E-state index is 10.3. The molecule has 0 fully saturated rings. The minimum Gasteiger partial charge on any atom is -0.759 e. The lowest BCUT2D eigenvalue weighted by Gasteiger charge is -2.06. The smallest absolute Gasteiger partial charge is 0.422 e. The predicted octanol–water partition coefficient (Wildman–Crippen LogP) is 2.05. The number of nitro groups is 1. The Morgan fingerprint density at radius 2 is 1.56 bits per heavy atom. The minimum absolute atomic E-state index is 0.0679. The highest BCUT2D eigenvalue weighted by atomic mass is 35.5. The van der Waals surface area contributed by atoms with Crippen LogP contribution in [0, 0.1) is 15.5 Å². The number of halogens is 2.